The van der Waals surface area contributed by atoms with Gasteiger partial charge in [-0.3, -0.25) is 0 Å². The van der Waals surface area contributed by atoms with Crippen molar-refractivity contribution in [2.24, 2.45) is 5.73 Å². The molecule has 2 N–H and O–H groups in total. The lowest BCUT2D eigenvalue weighted by molar-refractivity contribution is 0.267. The van der Waals surface area contributed by atoms with Gasteiger partial charge in [-0.2, -0.15) is 4.98 Å². The molecule has 0 atom stereocenters. The molecular weight excluding hydrogens is 262 g/mol. The van der Waals surface area contributed by atoms with E-state index in [4.69, 9.17) is 10.3 Å². The van der Waals surface area contributed by atoms with Crippen LogP contribution in [-0.2, 0) is 5.41 Å². The number of nitrogens with two attached hydrogens (primary N) is 1. The third-order valence-corrected chi connectivity index (χ3v) is 4.46. The predicted molar refractivity (Wildman–Crippen MR) is 85.1 cm³/mol. The van der Waals surface area contributed by atoms with Gasteiger partial charge < -0.3 is 10.3 Å². The number of benzene rings is 1. The molecule has 4 heteroatoms. The maximum Gasteiger partial charge on any atom is 0.234 e. The van der Waals surface area contributed by atoms with Crippen LogP contribution in [0.1, 0.15) is 57.9 Å². The molecule has 21 heavy (non-hydrogen) atoms. The molecule has 0 unspecified atom stereocenters. The third-order valence-electron chi connectivity index (χ3n) is 4.46. The molecule has 0 bridgehead atoms. The Hall–Kier alpha value is -1.68. The predicted octanol–water partition coefficient (Wildman–Crippen LogP) is 3.88. The van der Waals surface area contributed by atoms with Crippen LogP contribution < -0.4 is 5.73 Å². The monoisotopic (exact) mass is 287 g/mol. The van der Waals surface area contributed by atoms with Gasteiger partial charge in [0.2, 0.25) is 11.7 Å². The molecule has 0 saturated heterocycles. The zero-order valence-electron chi connectivity index (χ0n) is 13.4. The first-order valence-corrected chi connectivity index (χ1v) is 7.71. The van der Waals surface area contributed by atoms with Crippen molar-refractivity contribution in [1.82, 2.24) is 10.1 Å². The molecule has 1 heterocycles. The van der Waals surface area contributed by atoms with Crippen molar-refractivity contribution in [3.8, 4) is 11.4 Å². The summed E-state index contributed by atoms with van der Waals surface area (Å²) in [5, 5.41) is 4.13. The molecule has 0 aliphatic rings. The minimum Gasteiger partial charge on any atom is -0.338 e. The second kappa shape index (κ2) is 6.39. The summed E-state index contributed by atoms with van der Waals surface area (Å²) in [5.41, 5.74) is 8.01. The molecule has 0 radical (unpaired) electrons. The Labute approximate surface area is 126 Å². The van der Waals surface area contributed by atoms with Gasteiger partial charge in [-0.15, -0.1) is 0 Å². The molecule has 2 aromatic rings. The lowest BCUT2D eigenvalue weighted by Crippen LogP contribution is -2.34. The van der Waals surface area contributed by atoms with Gasteiger partial charge in [-0.25, -0.2) is 0 Å². The summed E-state index contributed by atoms with van der Waals surface area (Å²) in [7, 11) is 0. The molecule has 1 aromatic carbocycles. The quantitative estimate of drug-likeness (QED) is 0.875. The molecule has 4 nitrogen and oxygen atoms in total. The standard InChI is InChI=1S/C17H25N3O/c1-5-17(6-2,11-18)16-19-15(20-21-16)14-9-7-13(8-10-14)12(3)4/h7-10,12H,5-6,11,18H2,1-4H3. The van der Waals surface area contributed by atoms with Gasteiger partial charge in [0.05, 0.1) is 5.41 Å². The molecule has 0 fully saturated rings. The highest BCUT2D eigenvalue weighted by Crippen LogP contribution is 2.31. The van der Waals surface area contributed by atoms with Crippen LogP contribution in [0.15, 0.2) is 28.8 Å². The lowest BCUT2D eigenvalue weighted by atomic mass is 9.82. The summed E-state index contributed by atoms with van der Waals surface area (Å²) in [6, 6.07) is 8.33. The zero-order chi connectivity index (χ0) is 15.5. The second-order valence-electron chi connectivity index (χ2n) is 5.89. The summed E-state index contributed by atoms with van der Waals surface area (Å²) < 4.78 is 5.49. The van der Waals surface area contributed by atoms with Crippen LogP contribution in [0.5, 0.6) is 0 Å². The fourth-order valence-electron chi connectivity index (χ4n) is 2.50. The van der Waals surface area contributed by atoms with Gasteiger partial charge >= 0.3 is 0 Å². The van der Waals surface area contributed by atoms with E-state index in [2.05, 4.69) is 50.0 Å². The summed E-state index contributed by atoms with van der Waals surface area (Å²) in [6.07, 6.45) is 1.79. The fraction of sp³-hybridized carbons (Fsp3) is 0.529. The van der Waals surface area contributed by atoms with E-state index in [1.54, 1.807) is 0 Å². The van der Waals surface area contributed by atoms with Crippen molar-refractivity contribution >= 4 is 0 Å². The van der Waals surface area contributed by atoms with Gasteiger partial charge in [0, 0.05) is 12.1 Å². The highest BCUT2D eigenvalue weighted by molar-refractivity contribution is 5.55. The molecule has 1 aromatic heterocycles. The average Bonchev–Trinajstić information content (AvgIpc) is 3.00. The van der Waals surface area contributed by atoms with E-state index in [0.717, 1.165) is 18.4 Å². The van der Waals surface area contributed by atoms with Crippen LogP contribution in [0.3, 0.4) is 0 Å². The number of rotatable bonds is 6. The molecule has 0 spiro atoms. The van der Waals surface area contributed by atoms with Gasteiger partial charge in [0.1, 0.15) is 0 Å². The Kier molecular flexibility index (Phi) is 4.78. The van der Waals surface area contributed by atoms with Crippen LogP contribution >= 0.6 is 0 Å². The molecule has 0 amide bonds. The number of hydrogen-bond donors (Lipinski definition) is 1. The van der Waals surface area contributed by atoms with Crippen molar-refractivity contribution in [2.75, 3.05) is 6.54 Å². The Bertz CT molecular complexity index is 560. The molecule has 0 aliphatic heterocycles. The summed E-state index contributed by atoms with van der Waals surface area (Å²) in [6.45, 7) is 9.10. The summed E-state index contributed by atoms with van der Waals surface area (Å²) in [4.78, 5) is 4.58. The van der Waals surface area contributed by atoms with Gasteiger partial charge in [-0.1, -0.05) is 57.1 Å². The first kappa shape index (κ1) is 15.7. The van der Waals surface area contributed by atoms with Gasteiger partial charge in [-0.05, 0) is 24.3 Å². The molecular formula is C17H25N3O. The molecule has 0 saturated carbocycles. The van der Waals surface area contributed by atoms with Crippen molar-refractivity contribution in [2.45, 2.75) is 51.9 Å². The first-order valence-electron chi connectivity index (χ1n) is 7.71. The third kappa shape index (κ3) is 3.00. The number of nitrogens with zero attached hydrogens (tertiary/aromatic N) is 2. The topological polar surface area (TPSA) is 64.9 Å². The smallest absolute Gasteiger partial charge is 0.234 e. The van der Waals surface area contributed by atoms with Crippen LogP contribution in [-0.4, -0.2) is 16.7 Å². The fourth-order valence-corrected chi connectivity index (χ4v) is 2.50. The van der Waals surface area contributed by atoms with Crippen molar-refractivity contribution < 1.29 is 4.52 Å². The van der Waals surface area contributed by atoms with Crippen LogP contribution in [0, 0.1) is 0 Å². The van der Waals surface area contributed by atoms with E-state index in [1.165, 1.54) is 5.56 Å². The normalized spacial score (nSPS) is 12.1. The van der Waals surface area contributed by atoms with E-state index >= 15 is 0 Å². The Balaban J connectivity index is 2.31. The van der Waals surface area contributed by atoms with E-state index in [0.29, 0.717) is 24.2 Å². The molecule has 2 rings (SSSR count). The largest absolute Gasteiger partial charge is 0.338 e. The maximum atomic E-state index is 5.93. The van der Waals surface area contributed by atoms with Crippen LogP contribution in [0.2, 0.25) is 0 Å². The zero-order valence-corrected chi connectivity index (χ0v) is 13.4. The van der Waals surface area contributed by atoms with Gasteiger partial charge in [0.25, 0.3) is 0 Å². The minimum absolute atomic E-state index is 0.205. The van der Waals surface area contributed by atoms with E-state index in [9.17, 15) is 0 Å². The number of aromatic nitrogens is 2. The Morgan fingerprint density at radius 3 is 2.24 bits per heavy atom. The summed E-state index contributed by atoms with van der Waals surface area (Å²) >= 11 is 0. The van der Waals surface area contributed by atoms with E-state index in [1.807, 2.05) is 12.1 Å². The van der Waals surface area contributed by atoms with Crippen LogP contribution in [0.25, 0.3) is 11.4 Å². The summed E-state index contributed by atoms with van der Waals surface area (Å²) in [5.74, 6) is 1.81. The highest BCUT2D eigenvalue weighted by atomic mass is 16.5. The molecule has 0 aliphatic carbocycles. The Morgan fingerprint density at radius 1 is 1.14 bits per heavy atom. The maximum absolute atomic E-state index is 5.93. The van der Waals surface area contributed by atoms with E-state index in [-0.39, 0.29) is 5.41 Å². The SMILES string of the molecule is CCC(CC)(CN)c1nc(-c2ccc(C(C)C)cc2)no1. The average molecular weight is 287 g/mol. The van der Waals surface area contributed by atoms with Crippen molar-refractivity contribution in [1.29, 1.82) is 0 Å². The van der Waals surface area contributed by atoms with Crippen molar-refractivity contribution in [3.63, 3.8) is 0 Å². The highest BCUT2D eigenvalue weighted by Gasteiger charge is 2.33. The van der Waals surface area contributed by atoms with Gasteiger partial charge in [0.15, 0.2) is 0 Å². The second-order valence-corrected chi connectivity index (χ2v) is 5.89. The number of hydrogen-bond acceptors (Lipinski definition) is 4. The Morgan fingerprint density at radius 2 is 1.76 bits per heavy atom. The van der Waals surface area contributed by atoms with E-state index < -0.39 is 0 Å². The minimum atomic E-state index is -0.205. The molecule has 114 valence electrons. The first-order chi connectivity index (χ1) is 10.1. The van der Waals surface area contributed by atoms with Crippen molar-refractivity contribution in [3.05, 3.63) is 35.7 Å². The van der Waals surface area contributed by atoms with Crippen LogP contribution in [0.4, 0.5) is 0 Å². The lowest BCUT2D eigenvalue weighted by Gasteiger charge is -2.24.